The number of hydrogen-bond acceptors (Lipinski definition) is 6. The number of pyridine rings is 1. The van der Waals surface area contributed by atoms with Crippen molar-refractivity contribution in [2.45, 2.75) is 37.6 Å². The van der Waals surface area contributed by atoms with E-state index in [0.717, 1.165) is 35.8 Å². The standard InChI is InChI=1S/C22H22ClN3O4/c23-15-9-16-21(26-22(24-16)30-18-11-29-17-7-8-27-20(17)18)25-19(15)13-3-5-14(6-4-13)28-10-12-1-2-12/h3-6,9,12,17-18,20H,1-2,7-8,10-11H2,(H,24,25,26)/t17-,18?,20+/m1/s1. The van der Waals surface area contributed by atoms with E-state index in [1.165, 1.54) is 12.8 Å². The molecular formula is C22H22ClN3O4. The number of benzene rings is 1. The molecule has 1 aromatic carbocycles. The minimum absolute atomic E-state index is 0.0361. The van der Waals surface area contributed by atoms with E-state index in [2.05, 4.69) is 15.0 Å². The van der Waals surface area contributed by atoms with Crippen LogP contribution in [0.15, 0.2) is 30.3 Å². The molecule has 2 saturated heterocycles. The fourth-order valence-corrected chi connectivity index (χ4v) is 4.30. The zero-order valence-electron chi connectivity index (χ0n) is 16.3. The van der Waals surface area contributed by atoms with E-state index in [4.69, 9.17) is 30.5 Å². The zero-order chi connectivity index (χ0) is 20.1. The van der Waals surface area contributed by atoms with Crippen LogP contribution in [0.3, 0.4) is 0 Å². The number of nitrogens with zero attached hydrogens (tertiary/aromatic N) is 2. The molecule has 30 heavy (non-hydrogen) atoms. The van der Waals surface area contributed by atoms with Crippen LogP contribution >= 0.6 is 11.6 Å². The van der Waals surface area contributed by atoms with Gasteiger partial charge in [0, 0.05) is 12.2 Å². The lowest BCUT2D eigenvalue weighted by atomic mass is 10.1. The molecule has 3 aromatic rings. The van der Waals surface area contributed by atoms with Crippen LogP contribution in [0.1, 0.15) is 19.3 Å². The van der Waals surface area contributed by atoms with Gasteiger partial charge in [-0.15, -0.1) is 0 Å². The molecule has 1 aliphatic carbocycles. The molecule has 7 nitrogen and oxygen atoms in total. The van der Waals surface area contributed by atoms with Crippen molar-refractivity contribution < 1.29 is 18.9 Å². The number of rotatable bonds is 6. The number of hydrogen-bond donors (Lipinski definition) is 1. The lowest BCUT2D eigenvalue weighted by Crippen LogP contribution is -2.32. The van der Waals surface area contributed by atoms with Gasteiger partial charge in [-0.3, -0.25) is 0 Å². The molecule has 8 heteroatoms. The van der Waals surface area contributed by atoms with Crippen LogP contribution in [0.25, 0.3) is 22.4 Å². The van der Waals surface area contributed by atoms with Crippen molar-refractivity contribution in [3.63, 3.8) is 0 Å². The van der Waals surface area contributed by atoms with Crippen molar-refractivity contribution in [1.82, 2.24) is 15.0 Å². The number of halogens is 1. The van der Waals surface area contributed by atoms with Crippen molar-refractivity contribution in [2.24, 2.45) is 5.92 Å². The van der Waals surface area contributed by atoms with Crippen molar-refractivity contribution >= 4 is 22.8 Å². The van der Waals surface area contributed by atoms with Gasteiger partial charge in [0.1, 0.15) is 11.9 Å². The van der Waals surface area contributed by atoms with Crippen LogP contribution < -0.4 is 9.47 Å². The van der Waals surface area contributed by atoms with Gasteiger partial charge in [-0.25, -0.2) is 4.98 Å². The number of imidazole rings is 1. The van der Waals surface area contributed by atoms with Crippen LogP contribution in [-0.2, 0) is 9.47 Å². The van der Waals surface area contributed by atoms with Crippen LogP contribution in [0.5, 0.6) is 11.8 Å². The average molecular weight is 428 g/mol. The lowest BCUT2D eigenvalue weighted by molar-refractivity contribution is 0.0273. The molecule has 1 unspecified atom stereocenters. The van der Waals surface area contributed by atoms with E-state index in [1.54, 1.807) is 0 Å². The van der Waals surface area contributed by atoms with Crippen LogP contribution in [0, 0.1) is 5.92 Å². The van der Waals surface area contributed by atoms with Gasteiger partial charge >= 0.3 is 0 Å². The SMILES string of the molecule is Clc1cc2[nH]c(OC3CO[C@@H]4CCO[C@H]34)nc2nc1-c1ccc(OCC2CC2)cc1. The summed E-state index contributed by atoms with van der Waals surface area (Å²) in [5, 5.41) is 0.549. The maximum atomic E-state index is 6.52. The molecule has 2 aliphatic heterocycles. The minimum atomic E-state index is -0.170. The average Bonchev–Trinajstić information content (AvgIpc) is 3.14. The van der Waals surface area contributed by atoms with Gasteiger partial charge in [-0.05, 0) is 55.5 Å². The largest absolute Gasteiger partial charge is 0.493 e. The van der Waals surface area contributed by atoms with Crippen molar-refractivity contribution in [2.75, 3.05) is 19.8 Å². The van der Waals surface area contributed by atoms with Crippen LogP contribution in [0.2, 0.25) is 5.02 Å². The van der Waals surface area contributed by atoms with Crippen LogP contribution in [-0.4, -0.2) is 53.1 Å². The minimum Gasteiger partial charge on any atom is -0.493 e. The number of fused-ring (bicyclic) bond motifs is 2. The summed E-state index contributed by atoms with van der Waals surface area (Å²) >= 11 is 6.52. The van der Waals surface area contributed by atoms with E-state index in [9.17, 15) is 0 Å². The molecular weight excluding hydrogens is 406 g/mol. The van der Waals surface area contributed by atoms with E-state index in [1.807, 2.05) is 30.3 Å². The predicted molar refractivity (Wildman–Crippen MR) is 111 cm³/mol. The highest BCUT2D eigenvalue weighted by Gasteiger charge is 2.43. The summed E-state index contributed by atoms with van der Waals surface area (Å²) in [5.74, 6) is 1.59. The second kappa shape index (κ2) is 7.41. The summed E-state index contributed by atoms with van der Waals surface area (Å²) in [6, 6.07) is 10.1. The predicted octanol–water partition coefficient (Wildman–Crippen LogP) is 4.00. The molecule has 156 valence electrons. The Hall–Kier alpha value is -2.35. The first-order chi connectivity index (χ1) is 14.7. The van der Waals surface area contributed by atoms with E-state index in [-0.39, 0.29) is 18.3 Å². The fraction of sp³-hybridized carbons (Fsp3) is 0.455. The Morgan fingerprint density at radius 3 is 2.80 bits per heavy atom. The molecule has 0 amide bonds. The van der Waals surface area contributed by atoms with Gasteiger partial charge in [-0.2, -0.15) is 4.98 Å². The normalized spacial score (nSPS) is 25.6. The maximum absolute atomic E-state index is 6.52. The van der Waals surface area contributed by atoms with Gasteiger partial charge in [-0.1, -0.05) is 11.6 Å². The first-order valence-corrected chi connectivity index (χ1v) is 10.8. The summed E-state index contributed by atoms with van der Waals surface area (Å²) < 4.78 is 23.3. The van der Waals surface area contributed by atoms with Gasteiger partial charge in [0.15, 0.2) is 11.8 Å². The third kappa shape index (κ3) is 3.51. The van der Waals surface area contributed by atoms with Gasteiger partial charge < -0.3 is 23.9 Å². The number of nitrogens with one attached hydrogen (secondary N) is 1. The zero-order valence-corrected chi connectivity index (χ0v) is 17.1. The Balaban J connectivity index is 1.22. The second-order valence-electron chi connectivity index (χ2n) is 8.16. The van der Waals surface area contributed by atoms with Crippen molar-refractivity contribution in [1.29, 1.82) is 0 Å². The van der Waals surface area contributed by atoms with Gasteiger partial charge in [0.25, 0.3) is 6.01 Å². The molecule has 2 aromatic heterocycles. The summed E-state index contributed by atoms with van der Waals surface area (Å²) in [5.41, 5.74) is 2.88. The third-order valence-electron chi connectivity index (χ3n) is 5.90. The molecule has 0 bridgehead atoms. The van der Waals surface area contributed by atoms with Gasteiger partial charge in [0.2, 0.25) is 0 Å². The van der Waals surface area contributed by atoms with Crippen LogP contribution in [0.4, 0.5) is 0 Å². The summed E-state index contributed by atoms with van der Waals surface area (Å²) in [4.78, 5) is 12.3. The molecule has 1 N–H and O–H groups in total. The van der Waals surface area contributed by atoms with E-state index in [0.29, 0.717) is 35.6 Å². The van der Waals surface area contributed by atoms with Crippen molar-refractivity contribution in [3.8, 4) is 23.0 Å². The third-order valence-corrected chi connectivity index (χ3v) is 6.19. The topological polar surface area (TPSA) is 78.5 Å². The monoisotopic (exact) mass is 427 g/mol. The lowest BCUT2D eigenvalue weighted by Gasteiger charge is -2.15. The highest BCUT2D eigenvalue weighted by molar-refractivity contribution is 6.33. The molecule has 0 radical (unpaired) electrons. The Bertz CT molecular complexity index is 1070. The van der Waals surface area contributed by atoms with E-state index >= 15 is 0 Å². The Morgan fingerprint density at radius 2 is 1.97 bits per heavy atom. The summed E-state index contributed by atoms with van der Waals surface area (Å²) in [7, 11) is 0. The Morgan fingerprint density at radius 1 is 1.10 bits per heavy atom. The molecule has 3 atom stereocenters. The molecule has 1 saturated carbocycles. The smallest absolute Gasteiger partial charge is 0.296 e. The number of H-pyrrole nitrogens is 1. The second-order valence-corrected chi connectivity index (χ2v) is 8.57. The molecule has 4 heterocycles. The van der Waals surface area contributed by atoms with E-state index < -0.39 is 0 Å². The number of aromatic nitrogens is 3. The van der Waals surface area contributed by atoms with Crippen molar-refractivity contribution in [3.05, 3.63) is 35.4 Å². The maximum Gasteiger partial charge on any atom is 0.296 e. The highest BCUT2D eigenvalue weighted by Crippen LogP contribution is 2.33. The number of aromatic amines is 1. The molecule has 3 fully saturated rings. The Labute approximate surface area is 178 Å². The number of ether oxygens (including phenoxy) is 4. The molecule has 3 aliphatic rings. The first-order valence-electron chi connectivity index (χ1n) is 10.4. The quantitative estimate of drug-likeness (QED) is 0.640. The van der Waals surface area contributed by atoms with Gasteiger partial charge in [0.05, 0.1) is 35.6 Å². The first kappa shape index (κ1) is 18.4. The summed E-state index contributed by atoms with van der Waals surface area (Å²) in [6.07, 6.45) is 3.37. The Kier molecular flexibility index (Phi) is 4.55. The fourth-order valence-electron chi connectivity index (χ4n) is 4.04. The summed E-state index contributed by atoms with van der Waals surface area (Å²) in [6.45, 7) is 2.00. The molecule has 6 rings (SSSR count). The molecule has 0 spiro atoms. The highest BCUT2D eigenvalue weighted by atomic mass is 35.5.